The van der Waals surface area contributed by atoms with Gasteiger partial charge in [0.15, 0.2) is 0 Å². The molecule has 1 saturated heterocycles. The first kappa shape index (κ1) is 12.9. The molecule has 0 aromatic heterocycles. The van der Waals surface area contributed by atoms with E-state index in [2.05, 4.69) is 37.9 Å². The van der Waals surface area contributed by atoms with Crippen molar-refractivity contribution >= 4 is 0 Å². The molecule has 0 aromatic rings. The molecular weight excluding hydrogens is 188 g/mol. The van der Waals surface area contributed by atoms with Crippen molar-refractivity contribution in [3.8, 4) is 0 Å². The summed E-state index contributed by atoms with van der Waals surface area (Å²) in [6, 6.07) is 0.651. The van der Waals surface area contributed by atoms with Crippen molar-refractivity contribution < 1.29 is 4.74 Å². The van der Waals surface area contributed by atoms with Crippen LogP contribution < -0.4 is 5.32 Å². The molecule has 1 aliphatic rings. The van der Waals surface area contributed by atoms with Crippen LogP contribution in [0.1, 0.15) is 27.7 Å². The third-order valence-corrected chi connectivity index (χ3v) is 2.95. The summed E-state index contributed by atoms with van der Waals surface area (Å²) in [5.74, 6) is 0.721. The Morgan fingerprint density at radius 2 is 2.07 bits per heavy atom. The number of piperazine rings is 1. The molecule has 0 aliphatic carbocycles. The average Bonchev–Trinajstić information content (AvgIpc) is 2.17. The molecule has 1 N–H and O–H groups in total. The summed E-state index contributed by atoms with van der Waals surface area (Å²) in [6.45, 7) is 14.1. The van der Waals surface area contributed by atoms with Crippen LogP contribution in [0.15, 0.2) is 0 Å². The van der Waals surface area contributed by atoms with Crippen molar-refractivity contribution in [2.24, 2.45) is 5.92 Å². The summed E-state index contributed by atoms with van der Waals surface area (Å²) < 4.78 is 5.58. The Hall–Kier alpha value is -0.120. The van der Waals surface area contributed by atoms with Gasteiger partial charge in [-0.25, -0.2) is 0 Å². The molecule has 1 heterocycles. The zero-order valence-corrected chi connectivity index (χ0v) is 10.6. The molecule has 1 aliphatic heterocycles. The van der Waals surface area contributed by atoms with Crippen molar-refractivity contribution in [2.75, 3.05) is 32.8 Å². The quantitative estimate of drug-likeness (QED) is 0.747. The molecule has 0 saturated carbocycles. The molecule has 1 rings (SSSR count). The van der Waals surface area contributed by atoms with E-state index in [4.69, 9.17) is 4.74 Å². The number of hydrogen-bond donors (Lipinski definition) is 1. The lowest BCUT2D eigenvalue weighted by Crippen LogP contribution is -2.53. The van der Waals surface area contributed by atoms with Gasteiger partial charge in [-0.2, -0.15) is 0 Å². The minimum Gasteiger partial charge on any atom is -0.377 e. The van der Waals surface area contributed by atoms with Crippen LogP contribution in [0.4, 0.5) is 0 Å². The van der Waals surface area contributed by atoms with Gasteiger partial charge in [-0.1, -0.05) is 13.8 Å². The molecule has 90 valence electrons. The Bertz CT molecular complexity index is 171. The van der Waals surface area contributed by atoms with E-state index >= 15 is 0 Å². The number of nitrogens with one attached hydrogen (secondary N) is 1. The number of nitrogens with zero attached hydrogens (tertiary/aromatic N) is 1. The summed E-state index contributed by atoms with van der Waals surface area (Å²) in [5, 5.41) is 3.57. The fraction of sp³-hybridized carbons (Fsp3) is 1.00. The highest BCUT2D eigenvalue weighted by molar-refractivity contribution is 4.80. The van der Waals surface area contributed by atoms with Crippen LogP contribution in [0.25, 0.3) is 0 Å². The maximum absolute atomic E-state index is 5.58. The monoisotopic (exact) mass is 214 g/mol. The minimum atomic E-state index is 0.355. The highest BCUT2D eigenvalue weighted by Crippen LogP contribution is 2.07. The Morgan fingerprint density at radius 1 is 1.33 bits per heavy atom. The topological polar surface area (TPSA) is 24.5 Å². The lowest BCUT2D eigenvalue weighted by molar-refractivity contribution is 0.0502. The molecule has 15 heavy (non-hydrogen) atoms. The smallest absolute Gasteiger partial charge is 0.0596 e. The third kappa shape index (κ3) is 4.96. The molecule has 1 unspecified atom stereocenters. The molecule has 0 spiro atoms. The highest BCUT2D eigenvalue weighted by Gasteiger charge is 2.21. The summed E-state index contributed by atoms with van der Waals surface area (Å²) in [5.41, 5.74) is 0. The van der Waals surface area contributed by atoms with Gasteiger partial charge in [0.2, 0.25) is 0 Å². The lowest BCUT2D eigenvalue weighted by Gasteiger charge is -2.35. The minimum absolute atomic E-state index is 0.355. The van der Waals surface area contributed by atoms with Gasteiger partial charge in [0.1, 0.15) is 0 Å². The first-order chi connectivity index (χ1) is 7.09. The zero-order chi connectivity index (χ0) is 11.3. The van der Waals surface area contributed by atoms with Gasteiger partial charge in [0.05, 0.1) is 12.7 Å². The van der Waals surface area contributed by atoms with E-state index in [0.29, 0.717) is 12.1 Å². The van der Waals surface area contributed by atoms with E-state index in [1.807, 2.05) is 0 Å². The average molecular weight is 214 g/mol. The second kappa shape index (κ2) is 6.46. The molecule has 3 heteroatoms. The first-order valence-corrected chi connectivity index (χ1v) is 6.17. The molecule has 0 bridgehead atoms. The molecule has 1 fully saturated rings. The molecule has 1 atom stereocenters. The van der Waals surface area contributed by atoms with Crippen LogP contribution in [0.2, 0.25) is 0 Å². The number of hydrogen-bond acceptors (Lipinski definition) is 3. The van der Waals surface area contributed by atoms with Crippen molar-refractivity contribution in [1.29, 1.82) is 0 Å². The summed E-state index contributed by atoms with van der Waals surface area (Å²) in [6.07, 6.45) is 0.355. The Balaban J connectivity index is 2.18. The molecule has 0 aromatic carbocycles. The maximum Gasteiger partial charge on any atom is 0.0596 e. The van der Waals surface area contributed by atoms with E-state index in [9.17, 15) is 0 Å². The fourth-order valence-electron chi connectivity index (χ4n) is 1.91. The van der Waals surface area contributed by atoms with Crippen LogP contribution in [-0.2, 0) is 4.74 Å². The second-order valence-corrected chi connectivity index (χ2v) is 5.02. The van der Waals surface area contributed by atoms with Crippen molar-refractivity contribution in [3.05, 3.63) is 0 Å². The summed E-state index contributed by atoms with van der Waals surface area (Å²) >= 11 is 0. The maximum atomic E-state index is 5.58. The predicted octanol–water partition coefficient (Wildman–Crippen LogP) is 1.34. The van der Waals surface area contributed by atoms with Gasteiger partial charge in [0, 0.05) is 32.2 Å². The van der Waals surface area contributed by atoms with Crippen LogP contribution in [0.3, 0.4) is 0 Å². The van der Waals surface area contributed by atoms with Crippen molar-refractivity contribution in [3.63, 3.8) is 0 Å². The second-order valence-electron chi connectivity index (χ2n) is 5.02. The van der Waals surface area contributed by atoms with Crippen LogP contribution in [0, 0.1) is 5.92 Å². The van der Waals surface area contributed by atoms with Gasteiger partial charge in [-0.15, -0.1) is 0 Å². The van der Waals surface area contributed by atoms with Crippen molar-refractivity contribution in [1.82, 2.24) is 10.2 Å². The van der Waals surface area contributed by atoms with Gasteiger partial charge >= 0.3 is 0 Å². The Labute approximate surface area is 94.2 Å². The van der Waals surface area contributed by atoms with Crippen molar-refractivity contribution in [2.45, 2.75) is 39.8 Å². The normalized spacial score (nSPS) is 24.0. The van der Waals surface area contributed by atoms with E-state index in [1.54, 1.807) is 0 Å². The summed E-state index contributed by atoms with van der Waals surface area (Å²) in [7, 11) is 0. The molecule has 0 amide bonds. The predicted molar refractivity (Wildman–Crippen MR) is 64.2 cm³/mol. The SMILES string of the molecule is CC(C)OCCN1CCNC(C(C)C)C1. The standard InChI is InChI=1S/C12H26N2O/c1-10(2)12-9-14(6-5-13-12)7-8-15-11(3)4/h10-13H,5-9H2,1-4H3. The lowest BCUT2D eigenvalue weighted by atomic mass is 10.0. The zero-order valence-electron chi connectivity index (χ0n) is 10.6. The van der Waals surface area contributed by atoms with Gasteiger partial charge in [-0.05, 0) is 19.8 Å². The van der Waals surface area contributed by atoms with Gasteiger partial charge in [-0.3, -0.25) is 4.90 Å². The van der Waals surface area contributed by atoms with E-state index in [1.165, 1.54) is 6.54 Å². The number of ether oxygens (including phenoxy) is 1. The Morgan fingerprint density at radius 3 is 2.67 bits per heavy atom. The van der Waals surface area contributed by atoms with Gasteiger partial charge < -0.3 is 10.1 Å². The molecule has 3 nitrogen and oxygen atoms in total. The van der Waals surface area contributed by atoms with E-state index < -0.39 is 0 Å². The van der Waals surface area contributed by atoms with Crippen LogP contribution in [0.5, 0.6) is 0 Å². The third-order valence-electron chi connectivity index (χ3n) is 2.95. The first-order valence-electron chi connectivity index (χ1n) is 6.17. The number of rotatable bonds is 5. The molecule has 0 radical (unpaired) electrons. The van der Waals surface area contributed by atoms with Gasteiger partial charge in [0.25, 0.3) is 0 Å². The Kier molecular flexibility index (Phi) is 5.58. The summed E-state index contributed by atoms with van der Waals surface area (Å²) in [4.78, 5) is 2.50. The largest absolute Gasteiger partial charge is 0.377 e. The van der Waals surface area contributed by atoms with Crippen LogP contribution in [-0.4, -0.2) is 49.8 Å². The van der Waals surface area contributed by atoms with Crippen LogP contribution >= 0.6 is 0 Å². The van der Waals surface area contributed by atoms with E-state index in [0.717, 1.165) is 32.2 Å². The molecular formula is C12H26N2O. The fourth-order valence-corrected chi connectivity index (χ4v) is 1.91. The highest BCUT2D eigenvalue weighted by atomic mass is 16.5. The van der Waals surface area contributed by atoms with E-state index in [-0.39, 0.29) is 0 Å².